The number of nitrogens with two attached hydrogens (primary N) is 1. The molecule has 1 aliphatic carbocycles. The normalized spacial score (nSPS) is 21.1. The molecule has 1 fully saturated rings. The Bertz CT molecular complexity index is 188. The Morgan fingerprint density at radius 3 is 2.50 bits per heavy atom. The van der Waals surface area contributed by atoms with E-state index in [1.165, 1.54) is 32.1 Å². The number of hydrogen-bond donors (Lipinski definition) is 1. The largest absolute Gasteiger partial charge is 0.392 e. The highest BCUT2D eigenvalue weighted by molar-refractivity contribution is 7.80. The molecule has 1 atom stereocenters. The van der Waals surface area contributed by atoms with Crippen LogP contribution in [0.15, 0.2) is 0 Å². The molecule has 0 aromatic carbocycles. The molecule has 1 rings (SSSR count). The summed E-state index contributed by atoms with van der Waals surface area (Å²) in [6, 6.07) is 0.243. The molecule has 0 amide bonds. The second-order valence-electron chi connectivity index (χ2n) is 4.52. The van der Waals surface area contributed by atoms with Crippen molar-refractivity contribution in [2.24, 2.45) is 11.7 Å². The molecule has 1 unspecified atom stereocenters. The van der Waals surface area contributed by atoms with E-state index in [0.29, 0.717) is 4.99 Å². The van der Waals surface area contributed by atoms with Crippen LogP contribution in [0.3, 0.4) is 0 Å². The molecule has 2 N–H and O–H groups in total. The van der Waals surface area contributed by atoms with E-state index in [-0.39, 0.29) is 6.04 Å². The van der Waals surface area contributed by atoms with Gasteiger partial charge >= 0.3 is 0 Å². The number of thiocarbonyl (C=S) groups is 1. The number of nitrogens with zero attached hydrogens (tertiary/aromatic N) is 1. The fourth-order valence-corrected chi connectivity index (χ4v) is 2.33. The Labute approximate surface area is 92.8 Å². The maximum atomic E-state index is 5.63. The first-order valence-corrected chi connectivity index (χ1v) is 6.01. The summed E-state index contributed by atoms with van der Waals surface area (Å²) in [5.74, 6) is 0.866. The molecule has 14 heavy (non-hydrogen) atoms. The van der Waals surface area contributed by atoms with Crippen LogP contribution in [0.1, 0.15) is 39.0 Å². The maximum absolute atomic E-state index is 5.63. The average Bonchev–Trinajstić information content (AvgIpc) is 2.18. The Hall–Kier alpha value is -0.150. The Morgan fingerprint density at radius 2 is 2.00 bits per heavy atom. The van der Waals surface area contributed by atoms with E-state index >= 15 is 0 Å². The Balaban J connectivity index is 2.31. The highest BCUT2D eigenvalue weighted by Crippen LogP contribution is 2.24. The summed E-state index contributed by atoms with van der Waals surface area (Å²) in [5.41, 5.74) is 5.63. The van der Waals surface area contributed by atoms with E-state index in [4.69, 9.17) is 18.0 Å². The third-order valence-electron chi connectivity index (χ3n) is 3.34. The monoisotopic (exact) mass is 214 g/mol. The zero-order valence-electron chi connectivity index (χ0n) is 9.33. The van der Waals surface area contributed by atoms with Crippen molar-refractivity contribution in [2.75, 3.05) is 13.6 Å². The predicted molar refractivity (Wildman–Crippen MR) is 65.5 cm³/mol. The lowest BCUT2D eigenvalue weighted by atomic mass is 9.89. The molecule has 0 aromatic heterocycles. The first kappa shape index (κ1) is 11.9. The quantitative estimate of drug-likeness (QED) is 0.727. The van der Waals surface area contributed by atoms with Gasteiger partial charge in [-0.15, -0.1) is 0 Å². The molecule has 82 valence electrons. The van der Waals surface area contributed by atoms with Crippen molar-refractivity contribution >= 4 is 17.2 Å². The van der Waals surface area contributed by atoms with Crippen molar-refractivity contribution in [1.29, 1.82) is 0 Å². The molecule has 0 bridgehead atoms. The molecule has 2 nitrogen and oxygen atoms in total. The molecular weight excluding hydrogens is 192 g/mol. The average molecular weight is 214 g/mol. The summed E-state index contributed by atoms with van der Waals surface area (Å²) >= 11 is 5.00. The molecule has 3 heteroatoms. The number of hydrogen-bond acceptors (Lipinski definition) is 2. The van der Waals surface area contributed by atoms with Crippen LogP contribution in [-0.2, 0) is 0 Å². The third kappa shape index (κ3) is 3.54. The van der Waals surface area contributed by atoms with Gasteiger partial charge in [-0.3, -0.25) is 4.90 Å². The SMILES string of the molecule is CC(C(N)=S)N(C)CC1CCCCC1. The van der Waals surface area contributed by atoms with E-state index in [1.54, 1.807) is 0 Å². The van der Waals surface area contributed by atoms with Gasteiger partial charge in [-0.25, -0.2) is 0 Å². The van der Waals surface area contributed by atoms with Crippen molar-refractivity contribution in [2.45, 2.75) is 45.1 Å². The van der Waals surface area contributed by atoms with Gasteiger partial charge in [-0.05, 0) is 32.7 Å². The van der Waals surface area contributed by atoms with E-state index < -0.39 is 0 Å². The summed E-state index contributed by atoms with van der Waals surface area (Å²) in [6.07, 6.45) is 6.99. The van der Waals surface area contributed by atoms with Crippen molar-refractivity contribution in [1.82, 2.24) is 4.90 Å². The van der Waals surface area contributed by atoms with Gasteiger partial charge in [0.05, 0.1) is 11.0 Å². The molecule has 0 spiro atoms. The topological polar surface area (TPSA) is 29.3 Å². The van der Waals surface area contributed by atoms with E-state index in [1.807, 2.05) is 0 Å². The van der Waals surface area contributed by atoms with Crippen molar-refractivity contribution in [3.05, 3.63) is 0 Å². The minimum absolute atomic E-state index is 0.243. The molecule has 0 aromatic rings. The van der Waals surface area contributed by atoms with Crippen LogP contribution < -0.4 is 5.73 Å². The molecule has 0 saturated heterocycles. The van der Waals surface area contributed by atoms with Gasteiger partial charge < -0.3 is 5.73 Å². The molecule has 1 saturated carbocycles. The third-order valence-corrected chi connectivity index (χ3v) is 3.68. The second-order valence-corrected chi connectivity index (χ2v) is 4.99. The maximum Gasteiger partial charge on any atom is 0.0899 e. The van der Waals surface area contributed by atoms with Gasteiger partial charge in [0.25, 0.3) is 0 Å². The van der Waals surface area contributed by atoms with Crippen LogP contribution in [0.25, 0.3) is 0 Å². The molecule has 0 heterocycles. The Morgan fingerprint density at radius 1 is 1.43 bits per heavy atom. The fraction of sp³-hybridized carbons (Fsp3) is 0.909. The van der Waals surface area contributed by atoms with Crippen LogP contribution in [-0.4, -0.2) is 29.5 Å². The van der Waals surface area contributed by atoms with Gasteiger partial charge in [0, 0.05) is 6.54 Å². The zero-order chi connectivity index (χ0) is 10.6. The highest BCUT2D eigenvalue weighted by atomic mass is 32.1. The molecule has 0 aliphatic heterocycles. The Kier molecular flexibility index (Phi) is 4.82. The van der Waals surface area contributed by atoms with Crippen LogP contribution in [0.4, 0.5) is 0 Å². The summed E-state index contributed by atoms with van der Waals surface area (Å²) in [4.78, 5) is 2.90. The standard InChI is InChI=1S/C11H22N2S/c1-9(11(12)14)13(2)8-10-6-4-3-5-7-10/h9-10H,3-8H2,1-2H3,(H2,12,14). The van der Waals surface area contributed by atoms with Crippen LogP contribution in [0.2, 0.25) is 0 Å². The van der Waals surface area contributed by atoms with E-state index in [2.05, 4.69) is 18.9 Å². The van der Waals surface area contributed by atoms with E-state index in [9.17, 15) is 0 Å². The first-order valence-electron chi connectivity index (χ1n) is 5.61. The minimum atomic E-state index is 0.243. The van der Waals surface area contributed by atoms with Gasteiger partial charge in [0.1, 0.15) is 0 Å². The summed E-state index contributed by atoms with van der Waals surface area (Å²) in [7, 11) is 2.12. The second kappa shape index (κ2) is 5.66. The van der Waals surface area contributed by atoms with E-state index in [0.717, 1.165) is 12.5 Å². The zero-order valence-corrected chi connectivity index (χ0v) is 10.1. The molecular formula is C11H22N2S. The van der Waals surface area contributed by atoms with Crippen LogP contribution in [0, 0.1) is 5.92 Å². The minimum Gasteiger partial charge on any atom is -0.392 e. The van der Waals surface area contributed by atoms with Gasteiger partial charge in [-0.2, -0.15) is 0 Å². The van der Waals surface area contributed by atoms with Crippen molar-refractivity contribution in [3.8, 4) is 0 Å². The van der Waals surface area contributed by atoms with Gasteiger partial charge in [0.15, 0.2) is 0 Å². The fourth-order valence-electron chi connectivity index (χ4n) is 2.15. The lowest BCUT2D eigenvalue weighted by Crippen LogP contribution is -2.41. The summed E-state index contributed by atoms with van der Waals surface area (Å²) in [5, 5.41) is 0. The van der Waals surface area contributed by atoms with Crippen LogP contribution in [0.5, 0.6) is 0 Å². The van der Waals surface area contributed by atoms with Gasteiger partial charge in [0.2, 0.25) is 0 Å². The highest BCUT2D eigenvalue weighted by Gasteiger charge is 2.18. The van der Waals surface area contributed by atoms with Crippen molar-refractivity contribution in [3.63, 3.8) is 0 Å². The summed E-state index contributed by atoms with van der Waals surface area (Å²) in [6.45, 7) is 3.24. The number of rotatable bonds is 4. The first-order chi connectivity index (χ1) is 6.61. The smallest absolute Gasteiger partial charge is 0.0899 e. The molecule has 0 radical (unpaired) electrons. The predicted octanol–water partition coefficient (Wildman–Crippen LogP) is 2.17. The van der Waals surface area contributed by atoms with Gasteiger partial charge in [-0.1, -0.05) is 31.5 Å². The summed E-state index contributed by atoms with van der Waals surface area (Å²) < 4.78 is 0. The lowest BCUT2D eigenvalue weighted by molar-refractivity contribution is 0.221. The van der Waals surface area contributed by atoms with Crippen LogP contribution >= 0.6 is 12.2 Å². The van der Waals surface area contributed by atoms with Crippen molar-refractivity contribution < 1.29 is 0 Å². The molecule has 1 aliphatic rings. The lowest BCUT2D eigenvalue weighted by Gasteiger charge is -2.30. The number of likely N-dealkylation sites (N-methyl/N-ethyl adjacent to an activating group) is 1.